The molecule has 0 aliphatic carbocycles. The standard InChI is InChI=1S/C21H29FN4O3S/c1-20(2,3)29-19(28)25-17(18(27)26-12-15(22)9-16(26)10-23)21(4,5)30-13-14-7-6-8-24-11-14/h6-8,11,15-17H,9,12-13H2,1-5H3,(H,25,28)/t15-,16-,17+/m0/s1. The van der Waals surface area contributed by atoms with Gasteiger partial charge in [0.2, 0.25) is 5.91 Å². The lowest BCUT2D eigenvalue weighted by Crippen LogP contribution is -2.58. The van der Waals surface area contributed by atoms with Crippen molar-refractivity contribution in [3.05, 3.63) is 30.1 Å². The number of thioether (sulfide) groups is 1. The largest absolute Gasteiger partial charge is 0.444 e. The predicted octanol–water partition coefficient (Wildman–Crippen LogP) is 3.45. The highest BCUT2D eigenvalue weighted by atomic mass is 32.2. The number of ether oxygens (including phenoxy) is 1. The van der Waals surface area contributed by atoms with Crippen molar-refractivity contribution in [1.29, 1.82) is 5.26 Å². The highest BCUT2D eigenvalue weighted by Gasteiger charge is 2.45. The number of nitrogens with zero attached hydrogens (tertiary/aromatic N) is 3. The minimum atomic E-state index is -1.26. The molecule has 0 radical (unpaired) electrons. The van der Waals surface area contributed by atoms with E-state index in [0.29, 0.717) is 5.75 Å². The summed E-state index contributed by atoms with van der Waals surface area (Å²) in [6.07, 6.45) is 1.40. The first-order valence-corrected chi connectivity index (χ1v) is 10.8. The van der Waals surface area contributed by atoms with Crippen LogP contribution in [0.15, 0.2) is 24.5 Å². The van der Waals surface area contributed by atoms with Crippen molar-refractivity contribution < 1.29 is 18.7 Å². The van der Waals surface area contributed by atoms with E-state index < -0.39 is 40.6 Å². The van der Waals surface area contributed by atoms with E-state index in [2.05, 4.69) is 10.3 Å². The lowest BCUT2D eigenvalue weighted by atomic mass is 10.0. The van der Waals surface area contributed by atoms with Crippen LogP contribution in [0.3, 0.4) is 0 Å². The molecule has 0 aromatic carbocycles. The molecule has 0 unspecified atom stereocenters. The van der Waals surface area contributed by atoms with Crippen molar-refractivity contribution in [1.82, 2.24) is 15.2 Å². The van der Waals surface area contributed by atoms with Gasteiger partial charge in [-0.15, -0.1) is 11.8 Å². The molecule has 0 saturated carbocycles. The Morgan fingerprint density at radius 3 is 2.70 bits per heavy atom. The number of nitrogens with one attached hydrogen (secondary N) is 1. The maximum Gasteiger partial charge on any atom is 0.408 e. The summed E-state index contributed by atoms with van der Waals surface area (Å²) in [6, 6.07) is 3.88. The molecule has 2 amide bonds. The quantitative estimate of drug-likeness (QED) is 0.734. The molecule has 30 heavy (non-hydrogen) atoms. The molecule has 1 aromatic heterocycles. The SMILES string of the molecule is CC(C)(C)OC(=O)N[C@H](C(=O)N1C[C@@H](F)C[C@H]1C#N)C(C)(C)SCc1cccnc1. The minimum absolute atomic E-state index is 0.0232. The molecular formula is C21H29FN4O3S. The molecule has 1 saturated heterocycles. The first-order valence-electron chi connectivity index (χ1n) is 9.79. The third-order valence-corrected chi connectivity index (χ3v) is 6.08. The zero-order chi connectivity index (χ0) is 22.5. The average Bonchev–Trinajstić information content (AvgIpc) is 3.04. The van der Waals surface area contributed by atoms with Crippen molar-refractivity contribution in [2.45, 2.75) is 75.4 Å². The van der Waals surface area contributed by atoms with Crippen LogP contribution in [0.5, 0.6) is 0 Å². The molecule has 1 fully saturated rings. The number of carbonyl (C=O) groups is 2. The summed E-state index contributed by atoms with van der Waals surface area (Å²) >= 11 is 1.46. The van der Waals surface area contributed by atoms with Crippen molar-refractivity contribution in [3.63, 3.8) is 0 Å². The Bertz CT molecular complexity index is 792. The Balaban J connectivity index is 2.24. The fourth-order valence-corrected chi connectivity index (χ4v) is 4.15. The number of alkyl carbamates (subject to hydrolysis) is 1. The number of pyridine rings is 1. The summed E-state index contributed by atoms with van der Waals surface area (Å²) in [5.74, 6) is 0.0739. The van der Waals surface area contributed by atoms with Crippen LogP contribution in [0.1, 0.15) is 46.6 Å². The Morgan fingerprint density at radius 1 is 1.43 bits per heavy atom. The van der Waals surface area contributed by atoms with Crippen molar-refractivity contribution in [2.75, 3.05) is 6.54 Å². The van der Waals surface area contributed by atoms with Gasteiger partial charge in [-0.3, -0.25) is 9.78 Å². The van der Waals surface area contributed by atoms with Crippen molar-refractivity contribution in [3.8, 4) is 6.07 Å². The van der Waals surface area contributed by atoms with E-state index in [4.69, 9.17) is 4.74 Å². The van der Waals surface area contributed by atoms with Gasteiger partial charge in [0.25, 0.3) is 0 Å². The first kappa shape index (κ1) is 23.9. The smallest absolute Gasteiger partial charge is 0.408 e. The molecule has 164 valence electrons. The molecule has 1 aliphatic rings. The second-order valence-corrected chi connectivity index (χ2v) is 10.4. The summed E-state index contributed by atoms with van der Waals surface area (Å²) < 4.78 is 18.5. The van der Waals surface area contributed by atoms with Crippen LogP contribution in [0, 0.1) is 11.3 Å². The number of halogens is 1. The van der Waals surface area contributed by atoms with Gasteiger partial charge in [-0.2, -0.15) is 5.26 Å². The fourth-order valence-electron chi connectivity index (χ4n) is 3.11. The topological polar surface area (TPSA) is 95.3 Å². The van der Waals surface area contributed by atoms with E-state index in [9.17, 15) is 19.2 Å². The molecule has 9 heteroatoms. The molecule has 1 N–H and O–H groups in total. The van der Waals surface area contributed by atoms with E-state index in [1.54, 1.807) is 33.2 Å². The first-order chi connectivity index (χ1) is 13.9. The monoisotopic (exact) mass is 436 g/mol. The van der Waals surface area contributed by atoms with E-state index >= 15 is 0 Å². The Morgan fingerprint density at radius 2 is 2.13 bits per heavy atom. The van der Waals surface area contributed by atoms with E-state index in [0.717, 1.165) is 5.56 Å². The zero-order valence-electron chi connectivity index (χ0n) is 18.0. The second kappa shape index (κ2) is 9.65. The number of carbonyl (C=O) groups excluding carboxylic acids is 2. The molecule has 2 rings (SSSR count). The summed E-state index contributed by atoms with van der Waals surface area (Å²) in [6.45, 7) is 8.69. The van der Waals surface area contributed by atoms with E-state index in [1.165, 1.54) is 16.7 Å². The lowest BCUT2D eigenvalue weighted by molar-refractivity contribution is -0.134. The average molecular weight is 437 g/mol. The molecule has 0 spiro atoms. The number of amides is 2. The maximum atomic E-state index is 13.9. The van der Waals surface area contributed by atoms with Crippen molar-refractivity contribution >= 4 is 23.8 Å². The Kier molecular flexibility index (Phi) is 7.70. The van der Waals surface area contributed by atoms with Crippen LogP contribution in [0.4, 0.5) is 9.18 Å². The summed E-state index contributed by atoms with van der Waals surface area (Å²) in [5.41, 5.74) is 0.233. The third kappa shape index (κ3) is 6.59. The van der Waals surface area contributed by atoms with Gasteiger partial charge >= 0.3 is 6.09 Å². The molecule has 7 nitrogen and oxygen atoms in total. The summed E-state index contributed by atoms with van der Waals surface area (Å²) in [7, 11) is 0. The Labute approximate surface area is 181 Å². The van der Waals surface area contributed by atoms with Crippen LogP contribution in [0.2, 0.25) is 0 Å². The van der Waals surface area contributed by atoms with Crippen LogP contribution in [-0.2, 0) is 15.3 Å². The van der Waals surface area contributed by atoms with Gasteiger partial charge in [0.1, 0.15) is 23.9 Å². The molecule has 2 heterocycles. The number of hydrogen-bond acceptors (Lipinski definition) is 6. The van der Waals surface area contributed by atoms with Gasteiger partial charge in [-0.25, -0.2) is 9.18 Å². The van der Waals surface area contributed by atoms with Gasteiger partial charge in [-0.05, 0) is 46.2 Å². The van der Waals surface area contributed by atoms with E-state index in [1.807, 2.05) is 32.0 Å². The maximum absolute atomic E-state index is 13.9. The van der Waals surface area contributed by atoms with Gasteiger partial charge < -0.3 is 15.0 Å². The number of likely N-dealkylation sites (tertiary alicyclic amines) is 1. The zero-order valence-corrected chi connectivity index (χ0v) is 18.8. The van der Waals surface area contributed by atoms with Crippen LogP contribution >= 0.6 is 11.8 Å². The highest BCUT2D eigenvalue weighted by molar-refractivity contribution is 7.99. The van der Waals surface area contributed by atoms with Crippen molar-refractivity contribution in [2.24, 2.45) is 0 Å². The minimum Gasteiger partial charge on any atom is -0.444 e. The molecule has 1 aromatic rings. The van der Waals surface area contributed by atoms with E-state index in [-0.39, 0.29) is 13.0 Å². The molecule has 0 bridgehead atoms. The number of rotatable bonds is 6. The Hall–Kier alpha value is -2.34. The summed E-state index contributed by atoms with van der Waals surface area (Å²) in [4.78, 5) is 31.1. The van der Waals surface area contributed by atoms with Crippen LogP contribution in [0.25, 0.3) is 0 Å². The summed E-state index contributed by atoms with van der Waals surface area (Å²) in [5, 5.41) is 12.0. The third-order valence-electron chi connectivity index (χ3n) is 4.62. The number of hydrogen-bond donors (Lipinski definition) is 1. The molecular weight excluding hydrogens is 407 g/mol. The predicted molar refractivity (Wildman–Crippen MR) is 113 cm³/mol. The van der Waals surface area contributed by atoms with Gasteiger partial charge in [0, 0.05) is 29.3 Å². The van der Waals surface area contributed by atoms with Crippen LogP contribution in [-0.4, -0.2) is 57.0 Å². The molecule has 1 aliphatic heterocycles. The van der Waals surface area contributed by atoms with Gasteiger partial charge in [0.15, 0.2) is 0 Å². The lowest BCUT2D eigenvalue weighted by Gasteiger charge is -2.36. The number of alkyl halides is 1. The number of nitriles is 1. The van der Waals surface area contributed by atoms with Gasteiger partial charge in [0.05, 0.1) is 12.6 Å². The highest BCUT2D eigenvalue weighted by Crippen LogP contribution is 2.34. The van der Waals surface area contributed by atoms with Gasteiger partial charge in [-0.1, -0.05) is 6.07 Å². The normalized spacial score (nSPS) is 20.4. The number of aromatic nitrogens is 1. The van der Waals surface area contributed by atoms with Crippen LogP contribution < -0.4 is 5.32 Å². The molecule has 3 atom stereocenters. The fraction of sp³-hybridized carbons (Fsp3) is 0.619. The second-order valence-electron chi connectivity index (χ2n) is 8.80.